The summed E-state index contributed by atoms with van der Waals surface area (Å²) in [7, 11) is 0. The van der Waals surface area contributed by atoms with Crippen molar-refractivity contribution in [3.05, 3.63) is 36.0 Å². The number of aromatic amines is 1. The molecule has 2 aromatic rings. The van der Waals surface area contributed by atoms with Crippen molar-refractivity contribution in [2.75, 3.05) is 26.2 Å². The largest absolute Gasteiger partial charge is 0.361 e. The molecule has 21 heavy (non-hydrogen) atoms. The van der Waals surface area contributed by atoms with Crippen LogP contribution in [0.15, 0.2) is 30.5 Å². The van der Waals surface area contributed by atoms with Gasteiger partial charge in [-0.15, -0.1) is 0 Å². The topological polar surface area (TPSA) is 71.9 Å². The van der Waals surface area contributed by atoms with E-state index in [0.717, 1.165) is 24.0 Å². The van der Waals surface area contributed by atoms with E-state index in [1.54, 1.807) is 13.0 Å². The Balaban J connectivity index is 1.95. The fourth-order valence-electron chi connectivity index (χ4n) is 2.85. The predicted octanol–water partition coefficient (Wildman–Crippen LogP) is 1.54. The number of rotatable bonds is 3. The maximum absolute atomic E-state index is 12.9. The van der Waals surface area contributed by atoms with E-state index < -0.39 is 5.54 Å². The van der Waals surface area contributed by atoms with Gasteiger partial charge in [-0.05, 0) is 24.4 Å². The molecule has 1 aliphatic rings. The minimum absolute atomic E-state index is 0.136. The Morgan fingerprint density at radius 3 is 2.81 bits per heavy atom. The normalized spacial score (nSPS) is 19.0. The van der Waals surface area contributed by atoms with Crippen molar-refractivity contribution in [3.8, 4) is 6.07 Å². The molecule has 1 aromatic heterocycles. The fraction of sp³-hybridized carbons (Fsp3) is 0.375. The van der Waals surface area contributed by atoms with Gasteiger partial charge in [0, 0.05) is 43.5 Å². The number of carbonyl (C=O) groups excluding carboxylic acids is 1. The summed E-state index contributed by atoms with van der Waals surface area (Å²) in [5.41, 5.74) is 0.386. The van der Waals surface area contributed by atoms with Gasteiger partial charge in [0.2, 0.25) is 0 Å². The third kappa shape index (κ3) is 2.33. The maximum atomic E-state index is 12.9. The summed E-state index contributed by atoms with van der Waals surface area (Å²) < 4.78 is 0. The van der Waals surface area contributed by atoms with Crippen LogP contribution in [0.1, 0.15) is 17.3 Å². The second kappa shape index (κ2) is 5.32. The molecule has 5 nitrogen and oxygen atoms in total. The van der Waals surface area contributed by atoms with Crippen molar-refractivity contribution in [1.82, 2.24) is 15.2 Å². The van der Waals surface area contributed by atoms with Crippen LogP contribution in [0, 0.1) is 11.3 Å². The first-order valence-electron chi connectivity index (χ1n) is 7.14. The van der Waals surface area contributed by atoms with Crippen LogP contribution in [0.3, 0.4) is 0 Å². The van der Waals surface area contributed by atoms with Crippen LogP contribution in [0.2, 0.25) is 0 Å². The van der Waals surface area contributed by atoms with Crippen LogP contribution < -0.4 is 5.32 Å². The number of hydrogen-bond acceptors (Lipinski definition) is 4. The van der Waals surface area contributed by atoms with Gasteiger partial charge in [0.1, 0.15) is 0 Å². The minimum Gasteiger partial charge on any atom is -0.361 e. The SMILES string of the molecule is CC(C#N)(C(=O)c1ccc2cc[nH]c2c1)N1CCNCC1. The van der Waals surface area contributed by atoms with E-state index in [1.807, 2.05) is 29.3 Å². The third-order valence-corrected chi connectivity index (χ3v) is 4.23. The quantitative estimate of drug-likeness (QED) is 0.838. The molecule has 0 aliphatic carbocycles. The highest BCUT2D eigenvalue weighted by molar-refractivity contribution is 6.06. The molecular weight excluding hydrogens is 264 g/mol. The molecule has 1 atom stereocenters. The average molecular weight is 282 g/mol. The Morgan fingerprint density at radius 1 is 1.33 bits per heavy atom. The molecule has 0 spiro atoms. The van der Waals surface area contributed by atoms with Gasteiger partial charge in [0.15, 0.2) is 11.3 Å². The Morgan fingerprint density at radius 2 is 2.10 bits per heavy atom. The van der Waals surface area contributed by atoms with Gasteiger partial charge in [-0.1, -0.05) is 12.1 Å². The van der Waals surface area contributed by atoms with Gasteiger partial charge >= 0.3 is 0 Å². The zero-order valence-electron chi connectivity index (χ0n) is 12.0. The van der Waals surface area contributed by atoms with Crippen molar-refractivity contribution >= 4 is 16.7 Å². The Labute approximate surface area is 123 Å². The van der Waals surface area contributed by atoms with Crippen molar-refractivity contribution in [3.63, 3.8) is 0 Å². The zero-order valence-corrected chi connectivity index (χ0v) is 12.0. The van der Waals surface area contributed by atoms with Crippen LogP contribution in [0.25, 0.3) is 10.9 Å². The molecule has 3 rings (SSSR count). The van der Waals surface area contributed by atoms with E-state index in [2.05, 4.69) is 16.4 Å². The van der Waals surface area contributed by atoms with E-state index in [4.69, 9.17) is 0 Å². The Bertz CT molecular complexity index is 708. The van der Waals surface area contributed by atoms with Crippen LogP contribution in [-0.2, 0) is 0 Å². The molecular formula is C16H18N4O. The molecule has 0 amide bonds. The van der Waals surface area contributed by atoms with Crippen molar-refractivity contribution in [1.29, 1.82) is 5.26 Å². The highest BCUT2D eigenvalue weighted by atomic mass is 16.1. The van der Waals surface area contributed by atoms with Crippen molar-refractivity contribution in [2.24, 2.45) is 0 Å². The molecule has 0 radical (unpaired) electrons. The Kier molecular flexibility index (Phi) is 3.50. The zero-order chi connectivity index (χ0) is 14.9. The lowest BCUT2D eigenvalue weighted by molar-refractivity contribution is 0.0696. The summed E-state index contributed by atoms with van der Waals surface area (Å²) >= 11 is 0. The van der Waals surface area contributed by atoms with Crippen LogP contribution >= 0.6 is 0 Å². The minimum atomic E-state index is -1.11. The number of Topliss-reactive ketones (excluding diaryl/α,β-unsaturated/α-hetero) is 1. The van der Waals surface area contributed by atoms with Gasteiger partial charge < -0.3 is 10.3 Å². The molecule has 1 aromatic carbocycles. The lowest BCUT2D eigenvalue weighted by atomic mass is 9.89. The standard InChI is InChI=1S/C16H18N4O/c1-16(11-17,20-8-6-18-7-9-20)15(21)13-3-2-12-4-5-19-14(12)10-13/h2-5,10,18-19H,6-9H2,1H3. The predicted molar refractivity (Wildman–Crippen MR) is 81.1 cm³/mol. The number of carbonyl (C=O) groups is 1. The number of piperazine rings is 1. The molecule has 108 valence electrons. The summed E-state index contributed by atoms with van der Waals surface area (Å²) in [4.78, 5) is 17.9. The summed E-state index contributed by atoms with van der Waals surface area (Å²) in [6.07, 6.45) is 1.85. The van der Waals surface area contributed by atoms with E-state index >= 15 is 0 Å². The number of nitrogens with one attached hydrogen (secondary N) is 2. The molecule has 0 saturated carbocycles. The average Bonchev–Trinajstić information content (AvgIpc) is 3.01. The molecule has 1 unspecified atom stereocenters. The lowest BCUT2D eigenvalue weighted by Crippen LogP contribution is -2.57. The van der Waals surface area contributed by atoms with E-state index in [-0.39, 0.29) is 5.78 Å². The number of benzene rings is 1. The highest BCUT2D eigenvalue weighted by Crippen LogP contribution is 2.23. The highest BCUT2D eigenvalue weighted by Gasteiger charge is 2.40. The first-order valence-corrected chi connectivity index (χ1v) is 7.14. The van der Waals surface area contributed by atoms with E-state index in [0.29, 0.717) is 18.7 Å². The van der Waals surface area contributed by atoms with Crippen LogP contribution in [0.4, 0.5) is 0 Å². The monoisotopic (exact) mass is 282 g/mol. The lowest BCUT2D eigenvalue weighted by Gasteiger charge is -2.37. The molecule has 2 N–H and O–H groups in total. The molecule has 0 bridgehead atoms. The van der Waals surface area contributed by atoms with Crippen molar-refractivity contribution < 1.29 is 4.79 Å². The van der Waals surface area contributed by atoms with E-state index in [1.165, 1.54) is 0 Å². The number of nitriles is 1. The molecule has 1 aliphatic heterocycles. The smallest absolute Gasteiger partial charge is 0.197 e. The number of fused-ring (bicyclic) bond motifs is 1. The van der Waals surface area contributed by atoms with Gasteiger partial charge in [0.25, 0.3) is 0 Å². The number of nitrogens with zero attached hydrogens (tertiary/aromatic N) is 2. The molecule has 5 heteroatoms. The first-order chi connectivity index (χ1) is 10.1. The number of ketones is 1. The second-order valence-corrected chi connectivity index (χ2v) is 5.53. The van der Waals surface area contributed by atoms with Gasteiger partial charge in [-0.3, -0.25) is 9.69 Å². The van der Waals surface area contributed by atoms with Gasteiger partial charge in [-0.2, -0.15) is 5.26 Å². The van der Waals surface area contributed by atoms with Gasteiger partial charge in [-0.25, -0.2) is 0 Å². The van der Waals surface area contributed by atoms with E-state index in [9.17, 15) is 10.1 Å². The third-order valence-electron chi connectivity index (χ3n) is 4.23. The fourth-order valence-corrected chi connectivity index (χ4v) is 2.85. The van der Waals surface area contributed by atoms with Crippen LogP contribution in [-0.4, -0.2) is 47.4 Å². The first kappa shape index (κ1) is 13.8. The molecule has 1 saturated heterocycles. The number of aromatic nitrogens is 1. The van der Waals surface area contributed by atoms with Gasteiger partial charge in [0.05, 0.1) is 6.07 Å². The summed E-state index contributed by atoms with van der Waals surface area (Å²) in [5.74, 6) is -0.136. The van der Waals surface area contributed by atoms with Crippen LogP contribution in [0.5, 0.6) is 0 Å². The summed E-state index contributed by atoms with van der Waals surface area (Å²) in [6.45, 7) is 4.75. The van der Waals surface area contributed by atoms with Crippen molar-refractivity contribution in [2.45, 2.75) is 12.5 Å². The second-order valence-electron chi connectivity index (χ2n) is 5.53. The summed E-state index contributed by atoms with van der Waals surface area (Å²) in [5, 5.41) is 13.9. The Hall–Kier alpha value is -2.16. The maximum Gasteiger partial charge on any atom is 0.197 e. The molecule has 1 fully saturated rings. The molecule has 2 heterocycles. The number of H-pyrrole nitrogens is 1. The number of hydrogen-bond donors (Lipinski definition) is 2. The summed E-state index contributed by atoms with van der Waals surface area (Å²) in [6, 6.07) is 9.73.